The molecule has 0 aromatic rings. The highest BCUT2D eigenvalue weighted by Gasteiger charge is 2.16. The van der Waals surface area contributed by atoms with E-state index in [-0.39, 0.29) is 0 Å². The number of allylic oxidation sites excluding steroid dienone is 4. The molecule has 0 heterocycles. The molecule has 1 atom stereocenters. The molecule has 0 heteroatoms. The molecule has 14 heavy (non-hydrogen) atoms. The minimum absolute atomic E-state index is 0.740. The first-order chi connectivity index (χ1) is 6.88. The highest BCUT2D eigenvalue weighted by molar-refractivity contribution is 5.36. The van der Waals surface area contributed by atoms with Gasteiger partial charge in [-0.25, -0.2) is 0 Å². The molecule has 2 aliphatic rings. The van der Waals surface area contributed by atoms with Gasteiger partial charge >= 0.3 is 0 Å². The Bertz CT molecular complexity index is 245. The molecule has 1 unspecified atom stereocenters. The van der Waals surface area contributed by atoms with Crippen LogP contribution in [0.25, 0.3) is 0 Å². The minimum atomic E-state index is 0.740. The predicted molar refractivity (Wildman–Crippen MR) is 62.3 cm³/mol. The Labute approximate surface area is 88.1 Å². The van der Waals surface area contributed by atoms with Crippen molar-refractivity contribution in [2.75, 3.05) is 0 Å². The molecule has 0 amide bonds. The summed E-state index contributed by atoms with van der Waals surface area (Å²) in [6, 6.07) is 0. The van der Waals surface area contributed by atoms with E-state index in [1.165, 1.54) is 51.4 Å². The van der Waals surface area contributed by atoms with Crippen molar-refractivity contribution in [2.24, 2.45) is 5.92 Å². The zero-order valence-corrected chi connectivity index (χ0v) is 9.39. The third-order valence-corrected chi connectivity index (χ3v) is 3.69. The Morgan fingerprint density at radius 2 is 1.57 bits per heavy atom. The third kappa shape index (κ3) is 2.29. The largest absolute Gasteiger partial charge is 0.0773 e. The van der Waals surface area contributed by atoms with Gasteiger partial charge in [0.05, 0.1) is 0 Å². The molecule has 0 bridgehead atoms. The maximum absolute atomic E-state index is 2.39. The average Bonchev–Trinajstić information content (AvgIpc) is 2.55. The third-order valence-electron chi connectivity index (χ3n) is 3.69. The first-order valence-electron chi connectivity index (χ1n) is 6.28. The van der Waals surface area contributed by atoms with E-state index in [0.717, 1.165) is 5.92 Å². The van der Waals surface area contributed by atoms with Crippen LogP contribution in [0.1, 0.15) is 58.3 Å². The molecule has 0 nitrogen and oxygen atoms in total. The molecule has 0 aliphatic heterocycles. The Kier molecular flexibility index (Phi) is 3.44. The molecule has 0 fully saturated rings. The van der Waals surface area contributed by atoms with Gasteiger partial charge in [-0.3, -0.25) is 0 Å². The van der Waals surface area contributed by atoms with Crippen LogP contribution in [0.2, 0.25) is 0 Å². The number of rotatable bonds is 0. The fourth-order valence-electron chi connectivity index (χ4n) is 2.75. The van der Waals surface area contributed by atoms with E-state index in [4.69, 9.17) is 0 Å². The molecule has 0 saturated heterocycles. The second-order valence-corrected chi connectivity index (χ2v) is 4.82. The minimum Gasteiger partial charge on any atom is -0.0773 e. The van der Waals surface area contributed by atoms with Gasteiger partial charge in [-0.2, -0.15) is 0 Å². The maximum Gasteiger partial charge on any atom is -0.00426 e. The van der Waals surface area contributed by atoms with Crippen molar-refractivity contribution in [3.8, 4) is 0 Å². The van der Waals surface area contributed by atoms with Crippen LogP contribution in [0.5, 0.6) is 0 Å². The monoisotopic (exact) mass is 190 g/mol. The SMILES string of the molecule is CC1C=CC2=C1CCCCCCCC2. The summed E-state index contributed by atoms with van der Waals surface area (Å²) in [6.07, 6.45) is 16.1. The standard InChI is InChI=1S/C14H22/c1-12-10-11-13-8-6-4-2-3-5-7-9-14(12)13/h10-12H,2-9H2,1H3. The van der Waals surface area contributed by atoms with Gasteiger partial charge in [0.25, 0.3) is 0 Å². The molecule has 0 radical (unpaired) electrons. The first-order valence-corrected chi connectivity index (χ1v) is 6.28. The maximum atomic E-state index is 2.39. The van der Waals surface area contributed by atoms with E-state index in [0.29, 0.717) is 0 Å². The van der Waals surface area contributed by atoms with E-state index in [1.54, 1.807) is 11.1 Å². The molecule has 0 aromatic heterocycles. The summed E-state index contributed by atoms with van der Waals surface area (Å²) < 4.78 is 0. The summed E-state index contributed by atoms with van der Waals surface area (Å²) in [4.78, 5) is 0. The summed E-state index contributed by atoms with van der Waals surface area (Å²) in [5, 5.41) is 0. The van der Waals surface area contributed by atoms with Crippen LogP contribution in [0.3, 0.4) is 0 Å². The van der Waals surface area contributed by atoms with E-state index in [1.807, 2.05) is 0 Å². The van der Waals surface area contributed by atoms with Crippen LogP contribution in [0.15, 0.2) is 23.3 Å². The van der Waals surface area contributed by atoms with Gasteiger partial charge in [0.15, 0.2) is 0 Å². The molecular formula is C14H22. The van der Waals surface area contributed by atoms with Crippen LogP contribution < -0.4 is 0 Å². The van der Waals surface area contributed by atoms with Crippen molar-refractivity contribution in [2.45, 2.75) is 58.3 Å². The average molecular weight is 190 g/mol. The first kappa shape index (κ1) is 10.0. The van der Waals surface area contributed by atoms with E-state index < -0.39 is 0 Å². The number of hydrogen-bond donors (Lipinski definition) is 0. The van der Waals surface area contributed by atoms with Crippen molar-refractivity contribution >= 4 is 0 Å². The van der Waals surface area contributed by atoms with Gasteiger partial charge < -0.3 is 0 Å². The fraction of sp³-hybridized carbons (Fsp3) is 0.714. The molecule has 78 valence electrons. The van der Waals surface area contributed by atoms with Gasteiger partial charge in [-0.15, -0.1) is 0 Å². The van der Waals surface area contributed by atoms with Crippen molar-refractivity contribution < 1.29 is 0 Å². The zero-order chi connectivity index (χ0) is 9.80. The molecule has 0 aromatic carbocycles. The molecule has 0 saturated carbocycles. The van der Waals surface area contributed by atoms with E-state index in [2.05, 4.69) is 19.1 Å². The highest BCUT2D eigenvalue weighted by Crippen LogP contribution is 2.33. The van der Waals surface area contributed by atoms with Gasteiger partial charge in [0.2, 0.25) is 0 Å². The molecular weight excluding hydrogens is 168 g/mol. The van der Waals surface area contributed by atoms with Crippen LogP contribution in [-0.4, -0.2) is 0 Å². The Morgan fingerprint density at radius 1 is 0.929 bits per heavy atom. The summed E-state index contributed by atoms with van der Waals surface area (Å²) in [5.41, 5.74) is 3.44. The second kappa shape index (κ2) is 4.82. The van der Waals surface area contributed by atoms with Crippen molar-refractivity contribution in [3.05, 3.63) is 23.3 Å². The van der Waals surface area contributed by atoms with Crippen LogP contribution >= 0.6 is 0 Å². The lowest BCUT2D eigenvalue weighted by molar-refractivity contribution is 0.572. The summed E-state index contributed by atoms with van der Waals surface area (Å²) in [5.74, 6) is 0.740. The predicted octanol–water partition coefficient (Wildman–Crippen LogP) is 4.62. The van der Waals surface area contributed by atoms with Gasteiger partial charge in [-0.05, 0) is 37.2 Å². The van der Waals surface area contributed by atoms with Crippen LogP contribution in [0.4, 0.5) is 0 Å². The lowest BCUT2D eigenvalue weighted by Gasteiger charge is -2.13. The van der Waals surface area contributed by atoms with Gasteiger partial charge in [-0.1, -0.05) is 50.3 Å². The Hall–Kier alpha value is -0.520. The van der Waals surface area contributed by atoms with Crippen LogP contribution in [0, 0.1) is 5.92 Å². The van der Waals surface area contributed by atoms with Crippen molar-refractivity contribution in [1.82, 2.24) is 0 Å². The molecule has 0 spiro atoms. The highest BCUT2D eigenvalue weighted by atomic mass is 14.2. The summed E-state index contributed by atoms with van der Waals surface area (Å²) in [6.45, 7) is 2.35. The van der Waals surface area contributed by atoms with Gasteiger partial charge in [0.1, 0.15) is 0 Å². The van der Waals surface area contributed by atoms with Crippen LogP contribution in [-0.2, 0) is 0 Å². The Balaban J connectivity index is 2.04. The normalized spacial score (nSPS) is 29.1. The van der Waals surface area contributed by atoms with E-state index in [9.17, 15) is 0 Å². The lowest BCUT2D eigenvalue weighted by Crippen LogP contribution is -1.97. The number of hydrogen-bond acceptors (Lipinski definition) is 0. The molecule has 2 aliphatic carbocycles. The summed E-state index contributed by atoms with van der Waals surface area (Å²) >= 11 is 0. The molecule has 2 rings (SSSR count). The topological polar surface area (TPSA) is 0 Å². The summed E-state index contributed by atoms with van der Waals surface area (Å²) in [7, 11) is 0. The Morgan fingerprint density at radius 3 is 2.36 bits per heavy atom. The van der Waals surface area contributed by atoms with E-state index >= 15 is 0 Å². The smallest absolute Gasteiger partial charge is 0.00426 e. The fourth-order valence-corrected chi connectivity index (χ4v) is 2.75. The van der Waals surface area contributed by atoms with Crippen molar-refractivity contribution in [3.63, 3.8) is 0 Å². The van der Waals surface area contributed by atoms with Crippen molar-refractivity contribution in [1.29, 1.82) is 0 Å². The molecule has 0 N–H and O–H groups in total. The van der Waals surface area contributed by atoms with Gasteiger partial charge in [0, 0.05) is 0 Å². The quantitative estimate of drug-likeness (QED) is 0.522. The lowest BCUT2D eigenvalue weighted by atomic mass is 9.92. The zero-order valence-electron chi connectivity index (χ0n) is 9.39. The second-order valence-electron chi connectivity index (χ2n) is 4.82.